The molecule has 5 rings (SSSR count). The molecule has 2 aromatic heterocycles. The highest BCUT2D eigenvalue weighted by atomic mass is 35.5. The molecule has 1 aliphatic carbocycles. The molecule has 214 valence electrons. The highest BCUT2D eigenvalue weighted by Crippen LogP contribution is 2.48. The Kier molecular flexibility index (Phi) is 8.42. The molecule has 1 fully saturated rings. The van der Waals surface area contributed by atoms with Gasteiger partial charge in [0.1, 0.15) is 6.61 Å². The first-order chi connectivity index (χ1) is 19.6. The molecule has 0 atom stereocenters. The minimum atomic E-state index is -4.74. The van der Waals surface area contributed by atoms with Gasteiger partial charge in [0.05, 0.1) is 21.4 Å². The van der Waals surface area contributed by atoms with Crippen molar-refractivity contribution in [2.75, 3.05) is 11.9 Å². The molecule has 0 radical (unpaired) electrons. The second-order valence-electron chi connectivity index (χ2n) is 9.54. The van der Waals surface area contributed by atoms with Gasteiger partial charge in [0.15, 0.2) is 5.69 Å². The van der Waals surface area contributed by atoms with E-state index in [0.29, 0.717) is 32.8 Å². The van der Waals surface area contributed by atoms with Crippen LogP contribution < -0.4 is 15.1 Å². The molecular weight excluding hydrogens is 600 g/mol. The van der Waals surface area contributed by atoms with Gasteiger partial charge in [-0.25, -0.2) is 10.5 Å². The molecule has 1 amide bonds. The van der Waals surface area contributed by atoms with Gasteiger partial charge in [-0.3, -0.25) is 10.0 Å². The van der Waals surface area contributed by atoms with E-state index in [2.05, 4.69) is 9.36 Å². The topological polar surface area (TPSA) is 87.6 Å². The van der Waals surface area contributed by atoms with E-state index in [-0.39, 0.29) is 30.3 Å². The van der Waals surface area contributed by atoms with Crippen LogP contribution in [0.5, 0.6) is 5.88 Å². The number of alkyl halides is 3. The van der Waals surface area contributed by atoms with Gasteiger partial charge >= 0.3 is 6.18 Å². The maximum atomic E-state index is 14.1. The summed E-state index contributed by atoms with van der Waals surface area (Å²) in [6.07, 6.45) is -2.75. The van der Waals surface area contributed by atoms with E-state index in [1.165, 1.54) is 53.2 Å². The number of anilines is 1. The van der Waals surface area contributed by atoms with Gasteiger partial charge in [0.25, 0.3) is 5.91 Å². The summed E-state index contributed by atoms with van der Waals surface area (Å²) in [7, 11) is 1.51. The van der Waals surface area contributed by atoms with Gasteiger partial charge in [-0.15, -0.1) is 0 Å². The molecule has 0 spiro atoms. The Labute approximate surface area is 247 Å². The SMILES string of the molecule is CN(Cc1ccc(C(=O)NO)cc1)c1ccc(OCc2c(-c3c(Cl)cccc3Cl)nsc2C2CC2)nc1C(F)(F)F. The number of amides is 1. The number of nitrogens with zero attached hydrogens (tertiary/aromatic N) is 3. The number of pyridine rings is 1. The average molecular weight is 623 g/mol. The zero-order chi connectivity index (χ0) is 29.3. The molecule has 4 aromatic rings. The van der Waals surface area contributed by atoms with Crippen molar-refractivity contribution in [2.45, 2.75) is 38.1 Å². The zero-order valence-electron chi connectivity index (χ0n) is 21.5. The number of benzene rings is 2. The van der Waals surface area contributed by atoms with Crippen molar-refractivity contribution in [3.05, 3.63) is 91.9 Å². The number of carbonyl (C=O) groups excluding carboxylic acids is 1. The molecule has 41 heavy (non-hydrogen) atoms. The van der Waals surface area contributed by atoms with Crippen molar-refractivity contribution in [2.24, 2.45) is 0 Å². The third-order valence-electron chi connectivity index (χ3n) is 6.60. The molecule has 0 unspecified atom stereocenters. The zero-order valence-corrected chi connectivity index (χ0v) is 23.8. The molecule has 7 nitrogen and oxygen atoms in total. The van der Waals surface area contributed by atoms with Crippen molar-refractivity contribution >= 4 is 46.3 Å². The van der Waals surface area contributed by atoms with Crippen LogP contribution in [0.2, 0.25) is 10.0 Å². The summed E-state index contributed by atoms with van der Waals surface area (Å²) in [5.74, 6) is -0.547. The molecular formula is C28H23Cl2F3N4O3S. The summed E-state index contributed by atoms with van der Waals surface area (Å²) in [5.41, 5.74) is 3.03. The van der Waals surface area contributed by atoms with Crippen LogP contribution in [0.25, 0.3) is 11.3 Å². The Morgan fingerprint density at radius 2 is 1.80 bits per heavy atom. The lowest BCUT2D eigenvalue weighted by Gasteiger charge is -2.23. The highest BCUT2D eigenvalue weighted by molar-refractivity contribution is 7.06. The van der Waals surface area contributed by atoms with E-state index in [4.69, 9.17) is 33.1 Å². The number of rotatable bonds is 9. The Bertz CT molecular complexity index is 1560. The Balaban J connectivity index is 1.39. The summed E-state index contributed by atoms with van der Waals surface area (Å²) in [5, 5.41) is 9.59. The highest BCUT2D eigenvalue weighted by Gasteiger charge is 2.37. The number of aromatic nitrogens is 2. The normalized spacial score (nSPS) is 13.2. The van der Waals surface area contributed by atoms with Crippen LogP contribution in [-0.2, 0) is 19.3 Å². The Morgan fingerprint density at radius 1 is 1.12 bits per heavy atom. The number of hydroxylamine groups is 1. The van der Waals surface area contributed by atoms with Gasteiger partial charge in [-0.2, -0.15) is 17.5 Å². The van der Waals surface area contributed by atoms with Crippen LogP contribution in [0.4, 0.5) is 18.9 Å². The summed E-state index contributed by atoms with van der Waals surface area (Å²) in [6, 6.07) is 14.0. The number of carbonyl (C=O) groups is 1. The van der Waals surface area contributed by atoms with E-state index in [9.17, 15) is 18.0 Å². The number of hydrogen-bond acceptors (Lipinski definition) is 7. The lowest BCUT2D eigenvalue weighted by molar-refractivity contribution is -0.140. The predicted octanol–water partition coefficient (Wildman–Crippen LogP) is 7.74. The fourth-order valence-corrected chi connectivity index (χ4v) is 6.03. The van der Waals surface area contributed by atoms with E-state index in [1.807, 2.05) is 0 Å². The van der Waals surface area contributed by atoms with Crippen LogP contribution >= 0.6 is 34.7 Å². The van der Waals surface area contributed by atoms with Crippen molar-refractivity contribution in [3.63, 3.8) is 0 Å². The van der Waals surface area contributed by atoms with E-state index >= 15 is 0 Å². The molecule has 1 saturated carbocycles. The van der Waals surface area contributed by atoms with Gasteiger partial charge in [-0.1, -0.05) is 41.4 Å². The standard InChI is InChI=1S/C28H23Cl2F3N4O3S/c1-37(13-15-5-7-17(8-6-15)27(38)35-39)21-11-12-22(34-26(21)28(31,32)33)40-14-18-24(36-41-25(18)16-9-10-16)23-19(29)3-2-4-20(23)30/h2-8,11-12,16,39H,9-10,13-14H2,1H3,(H,35,38). The van der Waals surface area contributed by atoms with Crippen LogP contribution in [0.15, 0.2) is 54.6 Å². The van der Waals surface area contributed by atoms with Crippen molar-refractivity contribution in [1.29, 1.82) is 0 Å². The van der Waals surface area contributed by atoms with Crippen LogP contribution in [0, 0.1) is 0 Å². The van der Waals surface area contributed by atoms with E-state index in [1.54, 1.807) is 30.3 Å². The maximum absolute atomic E-state index is 14.1. The Morgan fingerprint density at radius 3 is 2.41 bits per heavy atom. The molecule has 13 heteroatoms. The number of halogens is 5. The maximum Gasteiger partial charge on any atom is 0.435 e. The van der Waals surface area contributed by atoms with Crippen LogP contribution in [-0.4, -0.2) is 27.5 Å². The monoisotopic (exact) mass is 622 g/mol. The van der Waals surface area contributed by atoms with Gasteiger partial charge in [-0.05, 0) is 66.2 Å². The van der Waals surface area contributed by atoms with Gasteiger partial charge < -0.3 is 9.64 Å². The molecule has 2 N–H and O–H groups in total. The molecule has 2 aromatic carbocycles. The third-order valence-corrected chi connectivity index (χ3v) is 8.28. The molecule has 1 aliphatic rings. The first-order valence-electron chi connectivity index (χ1n) is 12.4. The van der Waals surface area contributed by atoms with Crippen molar-refractivity contribution in [1.82, 2.24) is 14.8 Å². The summed E-state index contributed by atoms with van der Waals surface area (Å²) >= 11 is 14.2. The van der Waals surface area contributed by atoms with E-state index < -0.39 is 17.8 Å². The molecule has 0 saturated heterocycles. The molecule has 0 aliphatic heterocycles. The number of hydrogen-bond donors (Lipinski definition) is 2. The quantitative estimate of drug-likeness (QED) is 0.147. The molecule has 2 heterocycles. The minimum Gasteiger partial charge on any atom is -0.473 e. The summed E-state index contributed by atoms with van der Waals surface area (Å²) < 4.78 is 52.8. The van der Waals surface area contributed by atoms with Crippen LogP contribution in [0.1, 0.15) is 50.8 Å². The fraction of sp³-hybridized carbons (Fsp3) is 0.250. The second kappa shape index (κ2) is 11.8. The van der Waals surface area contributed by atoms with Crippen LogP contribution in [0.3, 0.4) is 0 Å². The smallest absolute Gasteiger partial charge is 0.435 e. The lowest BCUT2D eigenvalue weighted by Crippen LogP contribution is -2.22. The lowest BCUT2D eigenvalue weighted by atomic mass is 10.0. The summed E-state index contributed by atoms with van der Waals surface area (Å²) in [4.78, 5) is 17.8. The van der Waals surface area contributed by atoms with Crippen molar-refractivity contribution in [3.8, 4) is 17.1 Å². The summed E-state index contributed by atoms with van der Waals surface area (Å²) in [6.45, 7) is 0.0612. The van der Waals surface area contributed by atoms with Gasteiger partial charge in [0.2, 0.25) is 5.88 Å². The predicted molar refractivity (Wildman–Crippen MR) is 151 cm³/mol. The first kappa shape index (κ1) is 29.1. The van der Waals surface area contributed by atoms with E-state index in [0.717, 1.165) is 23.3 Å². The fourth-order valence-electron chi connectivity index (χ4n) is 4.41. The Hall–Kier alpha value is -3.38. The van der Waals surface area contributed by atoms with Gasteiger partial charge in [0, 0.05) is 41.2 Å². The molecule has 0 bridgehead atoms. The number of nitrogens with one attached hydrogen (secondary N) is 1. The van der Waals surface area contributed by atoms with Crippen molar-refractivity contribution < 1.29 is 27.9 Å². The number of ether oxygens (including phenoxy) is 1. The largest absolute Gasteiger partial charge is 0.473 e. The average Bonchev–Trinajstić information content (AvgIpc) is 3.71. The minimum absolute atomic E-state index is 0.0491. The second-order valence-corrected chi connectivity index (χ2v) is 11.2. The third kappa shape index (κ3) is 6.43. The first-order valence-corrected chi connectivity index (χ1v) is 14.0.